The molecule has 0 saturated carbocycles. The lowest BCUT2D eigenvalue weighted by atomic mass is 9.93. The Labute approximate surface area is 95.6 Å². The number of aliphatic imine (C=N–C) groups is 1. The number of thiophene rings is 1. The summed E-state index contributed by atoms with van der Waals surface area (Å²) in [6, 6.07) is 0. The molecule has 1 heterocycles. The summed E-state index contributed by atoms with van der Waals surface area (Å²) in [5.74, 6) is 0. The third-order valence-corrected chi connectivity index (χ3v) is 4.20. The Hall–Kier alpha value is -0.890. The maximum atomic E-state index is 4.32. The molecule has 0 N–H and O–H groups in total. The van der Waals surface area contributed by atoms with Crippen LogP contribution in [0.4, 0.5) is 0 Å². The van der Waals surface area contributed by atoms with E-state index in [1.807, 2.05) is 11.3 Å². The van der Waals surface area contributed by atoms with Crippen LogP contribution in [-0.2, 0) is 12.8 Å². The topological polar surface area (TPSA) is 12.4 Å². The molecule has 15 heavy (non-hydrogen) atoms. The Morgan fingerprint density at radius 3 is 2.87 bits per heavy atom. The fourth-order valence-corrected chi connectivity index (χ4v) is 3.69. The molecule has 0 spiro atoms. The van der Waals surface area contributed by atoms with Gasteiger partial charge in [0.2, 0.25) is 0 Å². The van der Waals surface area contributed by atoms with E-state index in [0.29, 0.717) is 0 Å². The van der Waals surface area contributed by atoms with Gasteiger partial charge in [-0.05, 0) is 45.1 Å². The van der Waals surface area contributed by atoms with Crippen LogP contribution in [-0.4, -0.2) is 5.71 Å². The van der Waals surface area contributed by atoms with Crippen molar-refractivity contribution in [2.75, 3.05) is 0 Å². The van der Waals surface area contributed by atoms with Gasteiger partial charge in [0, 0.05) is 27.2 Å². The lowest BCUT2D eigenvalue weighted by Gasteiger charge is -2.12. The number of hydrogen-bond donors (Lipinski definition) is 0. The third kappa shape index (κ3) is 1.91. The molecule has 0 atom stereocenters. The van der Waals surface area contributed by atoms with Crippen molar-refractivity contribution in [1.82, 2.24) is 0 Å². The lowest BCUT2D eigenvalue weighted by molar-refractivity contribution is 0.696. The largest absolute Gasteiger partial charge is 0.262 e. The Morgan fingerprint density at radius 2 is 2.13 bits per heavy atom. The van der Waals surface area contributed by atoms with Gasteiger partial charge in [-0.25, -0.2) is 0 Å². The van der Waals surface area contributed by atoms with E-state index in [9.17, 15) is 0 Å². The molecule has 0 radical (unpaired) electrons. The highest BCUT2D eigenvalue weighted by Gasteiger charge is 2.19. The van der Waals surface area contributed by atoms with E-state index in [0.717, 1.165) is 5.71 Å². The molecule has 0 aliphatic heterocycles. The van der Waals surface area contributed by atoms with E-state index in [1.54, 1.807) is 16.6 Å². The normalized spacial score (nSPS) is 16.3. The molecule has 80 valence electrons. The van der Waals surface area contributed by atoms with Crippen LogP contribution in [0.1, 0.15) is 40.6 Å². The van der Waals surface area contributed by atoms with Crippen molar-refractivity contribution in [2.24, 2.45) is 4.99 Å². The maximum Gasteiger partial charge on any atom is 0.0458 e. The molecule has 1 nitrogen and oxygen atoms in total. The highest BCUT2D eigenvalue weighted by molar-refractivity contribution is 7.12. The van der Waals surface area contributed by atoms with Crippen molar-refractivity contribution in [3.63, 3.8) is 0 Å². The first-order chi connectivity index (χ1) is 7.24. The van der Waals surface area contributed by atoms with E-state index in [4.69, 9.17) is 0 Å². The first kappa shape index (κ1) is 10.6. The van der Waals surface area contributed by atoms with Crippen molar-refractivity contribution in [1.29, 1.82) is 0 Å². The van der Waals surface area contributed by atoms with Crippen LogP contribution in [0, 0.1) is 6.92 Å². The van der Waals surface area contributed by atoms with Crippen LogP contribution in [0.2, 0.25) is 0 Å². The van der Waals surface area contributed by atoms with Crippen molar-refractivity contribution in [3.8, 4) is 0 Å². The van der Waals surface area contributed by atoms with Crippen molar-refractivity contribution in [3.05, 3.63) is 33.7 Å². The van der Waals surface area contributed by atoms with Gasteiger partial charge < -0.3 is 0 Å². The summed E-state index contributed by atoms with van der Waals surface area (Å²) in [4.78, 5) is 7.33. The van der Waals surface area contributed by atoms with E-state index >= 15 is 0 Å². The molecule has 0 unspecified atom stereocenters. The van der Waals surface area contributed by atoms with Crippen molar-refractivity contribution >= 4 is 17.0 Å². The number of nitrogens with zero attached hydrogens (tertiary/aromatic N) is 1. The Kier molecular flexibility index (Phi) is 3.06. The predicted molar refractivity (Wildman–Crippen MR) is 68.1 cm³/mol. The van der Waals surface area contributed by atoms with Crippen LogP contribution < -0.4 is 0 Å². The van der Waals surface area contributed by atoms with Gasteiger partial charge in [0.1, 0.15) is 0 Å². The highest BCUT2D eigenvalue weighted by Crippen LogP contribution is 2.34. The Bertz CT molecular complexity index is 412. The molecule has 0 fully saturated rings. The average Bonchev–Trinajstić information content (AvgIpc) is 2.54. The molecule has 2 heteroatoms. The molecule has 1 aromatic heterocycles. The molecule has 2 rings (SSSR count). The van der Waals surface area contributed by atoms with E-state index in [2.05, 4.69) is 25.4 Å². The summed E-state index contributed by atoms with van der Waals surface area (Å²) in [6.45, 7) is 7.97. The Balaban J connectivity index is 2.50. The zero-order valence-corrected chi connectivity index (χ0v) is 10.3. The minimum Gasteiger partial charge on any atom is -0.262 e. The first-order valence-corrected chi connectivity index (χ1v) is 6.32. The maximum absolute atomic E-state index is 4.32. The van der Waals surface area contributed by atoms with Gasteiger partial charge in [0.05, 0.1) is 0 Å². The van der Waals surface area contributed by atoms with Gasteiger partial charge in [0.15, 0.2) is 0 Å². The number of aryl methyl sites for hydroxylation is 2. The fourth-order valence-electron chi connectivity index (χ4n) is 2.38. The van der Waals surface area contributed by atoms with E-state index < -0.39 is 0 Å². The standard InChI is InChI=1S/C13H17NS/c1-4-14-9(2)13-10(3)15-12-8-6-5-7-11(12)13/h4H,1,5-8H2,2-3H3/b14-9-. The minimum atomic E-state index is 1.13. The molecule has 0 saturated heterocycles. The molecule has 1 aliphatic carbocycles. The number of hydrogen-bond acceptors (Lipinski definition) is 2. The highest BCUT2D eigenvalue weighted by atomic mass is 32.1. The van der Waals surface area contributed by atoms with Crippen LogP contribution in [0.25, 0.3) is 0 Å². The SMILES string of the molecule is C=C/N=C(/C)c1c(C)sc2c1CCCC2. The summed E-state index contributed by atoms with van der Waals surface area (Å²) >= 11 is 1.96. The Morgan fingerprint density at radius 1 is 1.40 bits per heavy atom. The molecule has 0 bridgehead atoms. The van der Waals surface area contributed by atoms with E-state index in [-0.39, 0.29) is 0 Å². The molecule has 1 aliphatic rings. The number of rotatable bonds is 2. The summed E-state index contributed by atoms with van der Waals surface area (Å²) in [5.41, 5.74) is 4.09. The molecular formula is C13H17NS. The minimum absolute atomic E-state index is 1.13. The first-order valence-electron chi connectivity index (χ1n) is 5.51. The van der Waals surface area contributed by atoms with Gasteiger partial charge in [-0.1, -0.05) is 6.58 Å². The van der Waals surface area contributed by atoms with Crippen LogP contribution >= 0.6 is 11.3 Å². The van der Waals surface area contributed by atoms with Crippen molar-refractivity contribution in [2.45, 2.75) is 39.5 Å². The zero-order chi connectivity index (χ0) is 10.8. The van der Waals surface area contributed by atoms with Gasteiger partial charge in [-0.2, -0.15) is 0 Å². The van der Waals surface area contributed by atoms with Crippen LogP contribution in [0.3, 0.4) is 0 Å². The molecule has 1 aromatic rings. The second kappa shape index (κ2) is 4.31. The second-order valence-electron chi connectivity index (χ2n) is 4.04. The van der Waals surface area contributed by atoms with Gasteiger partial charge >= 0.3 is 0 Å². The van der Waals surface area contributed by atoms with Crippen molar-refractivity contribution < 1.29 is 0 Å². The molecule has 0 aromatic carbocycles. The summed E-state index contributed by atoms with van der Waals surface area (Å²) < 4.78 is 0. The fraction of sp³-hybridized carbons (Fsp3) is 0.462. The third-order valence-electron chi connectivity index (χ3n) is 2.99. The van der Waals surface area contributed by atoms with E-state index in [1.165, 1.54) is 36.1 Å². The predicted octanol–water partition coefficient (Wildman–Crippen LogP) is 3.89. The zero-order valence-electron chi connectivity index (χ0n) is 9.47. The number of fused-ring (bicyclic) bond motifs is 1. The summed E-state index contributed by atoms with van der Waals surface area (Å²) in [7, 11) is 0. The molecular weight excluding hydrogens is 202 g/mol. The van der Waals surface area contributed by atoms with Crippen LogP contribution in [0.15, 0.2) is 17.8 Å². The van der Waals surface area contributed by atoms with Crippen LogP contribution in [0.5, 0.6) is 0 Å². The molecule has 0 amide bonds. The summed E-state index contributed by atoms with van der Waals surface area (Å²) in [5, 5.41) is 0. The summed E-state index contributed by atoms with van der Waals surface area (Å²) in [6.07, 6.45) is 6.82. The quantitative estimate of drug-likeness (QED) is 0.669. The van der Waals surface area contributed by atoms with Gasteiger partial charge in [-0.15, -0.1) is 11.3 Å². The van der Waals surface area contributed by atoms with Gasteiger partial charge in [-0.3, -0.25) is 4.99 Å². The smallest absolute Gasteiger partial charge is 0.0458 e. The average molecular weight is 219 g/mol. The lowest BCUT2D eigenvalue weighted by Crippen LogP contribution is -2.05. The second-order valence-corrected chi connectivity index (χ2v) is 5.35. The van der Waals surface area contributed by atoms with Gasteiger partial charge in [0.25, 0.3) is 0 Å². The monoisotopic (exact) mass is 219 g/mol.